The number of imidazole rings is 1. The van der Waals surface area contributed by atoms with Gasteiger partial charge in [0.25, 0.3) is 0 Å². The maximum absolute atomic E-state index is 4.37. The maximum Gasteiger partial charge on any atom is 0.128 e. The van der Waals surface area contributed by atoms with Gasteiger partial charge in [0.15, 0.2) is 0 Å². The first-order valence-electron chi connectivity index (χ1n) is 6.63. The van der Waals surface area contributed by atoms with Crippen LogP contribution in [0, 0.1) is 6.92 Å². The lowest BCUT2D eigenvalue weighted by molar-refractivity contribution is 0.708. The van der Waals surface area contributed by atoms with E-state index in [4.69, 9.17) is 0 Å². The molecule has 0 saturated carbocycles. The monoisotopic (exact) mass is 258 g/mol. The van der Waals surface area contributed by atoms with Crippen LogP contribution in [0.15, 0.2) is 30.6 Å². The largest absolute Gasteiger partial charge is 0.378 e. The second-order valence-corrected chi connectivity index (χ2v) is 4.88. The average molecular weight is 258 g/mol. The first-order chi connectivity index (χ1) is 9.11. The Labute approximate surface area is 115 Å². The molecule has 4 heteroatoms. The van der Waals surface area contributed by atoms with Crippen molar-refractivity contribution in [3.8, 4) is 0 Å². The minimum Gasteiger partial charge on any atom is -0.378 e. The molecule has 102 valence electrons. The fraction of sp³-hybridized carbons (Fsp3) is 0.400. The molecule has 0 radical (unpaired) electrons. The topological polar surface area (TPSA) is 33.1 Å². The molecule has 2 aromatic rings. The normalized spacial score (nSPS) is 10.5. The van der Waals surface area contributed by atoms with Gasteiger partial charge in [0.2, 0.25) is 0 Å². The van der Waals surface area contributed by atoms with E-state index in [1.807, 2.05) is 12.4 Å². The van der Waals surface area contributed by atoms with Gasteiger partial charge in [0.05, 0.1) is 6.54 Å². The Kier molecular flexibility index (Phi) is 4.10. The minimum atomic E-state index is 0.747. The molecule has 0 aliphatic carbocycles. The average Bonchev–Trinajstić information content (AvgIpc) is 2.84. The van der Waals surface area contributed by atoms with E-state index in [1.54, 1.807) is 0 Å². The number of benzene rings is 1. The summed E-state index contributed by atoms with van der Waals surface area (Å²) in [4.78, 5) is 6.50. The molecular formula is C15H22N4. The van der Waals surface area contributed by atoms with Crippen LogP contribution < -0.4 is 10.2 Å². The van der Waals surface area contributed by atoms with Crippen LogP contribution in [0.5, 0.6) is 0 Å². The SMILES string of the molecule is CCn1ccnc1CNc1ccc(C)c(N(C)C)c1. The van der Waals surface area contributed by atoms with Gasteiger partial charge in [-0.1, -0.05) is 6.07 Å². The molecule has 1 N–H and O–H groups in total. The summed E-state index contributed by atoms with van der Waals surface area (Å²) in [6.45, 7) is 5.95. The minimum absolute atomic E-state index is 0.747. The van der Waals surface area contributed by atoms with Gasteiger partial charge in [0.1, 0.15) is 5.82 Å². The van der Waals surface area contributed by atoms with Gasteiger partial charge in [-0.15, -0.1) is 0 Å². The summed E-state index contributed by atoms with van der Waals surface area (Å²) in [6, 6.07) is 6.43. The van der Waals surface area contributed by atoms with Crippen molar-refractivity contribution in [2.45, 2.75) is 26.9 Å². The summed E-state index contributed by atoms with van der Waals surface area (Å²) >= 11 is 0. The number of rotatable bonds is 5. The smallest absolute Gasteiger partial charge is 0.128 e. The third kappa shape index (κ3) is 3.08. The van der Waals surface area contributed by atoms with Crippen molar-refractivity contribution >= 4 is 11.4 Å². The van der Waals surface area contributed by atoms with Crippen molar-refractivity contribution in [3.63, 3.8) is 0 Å². The standard InChI is InChI=1S/C15H22N4/c1-5-19-9-8-16-15(19)11-17-13-7-6-12(2)14(10-13)18(3)4/h6-10,17H,5,11H2,1-4H3. The number of nitrogens with one attached hydrogen (secondary N) is 1. The lowest BCUT2D eigenvalue weighted by atomic mass is 10.1. The molecule has 1 aromatic heterocycles. The van der Waals surface area contributed by atoms with E-state index in [0.29, 0.717) is 0 Å². The molecule has 0 amide bonds. The molecule has 0 bridgehead atoms. The summed E-state index contributed by atoms with van der Waals surface area (Å²) < 4.78 is 2.15. The highest BCUT2D eigenvalue weighted by Crippen LogP contribution is 2.22. The number of aromatic nitrogens is 2. The summed E-state index contributed by atoms with van der Waals surface area (Å²) in [5, 5.41) is 3.43. The first-order valence-corrected chi connectivity index (χ1v) is 6.63. The van der Waals surface area contributed by atoms with Gasteiger partial charge in [-0.3, -0.25) is 0 Å². The Bertz CT molecular complexity index is 543. The molecule has 1 heterocycles. The molecule has 1 aromatic carbocycles. The Morgan fingerprint density at radius 2 is 2.11 bits per heavy atom. The van der Waals surface area contributed by atoms with Gasteiger partial charge in [-0.05, 0) is 31.5 Å². The Hall–Kier alpha value is -1.97. The number of nitrogens with zero attached hydrogens (tertiary/aromatic N) is 3. The number of aryl methyl sites for hydroxylation is 2. The van der Waals surface area contributed by atoms with E-state index >= 15 is 0 Å². The fourth-order valence-electron chi connectivity index (χ4n) is 2.18. The molecule has 0 saturated heterocycles. The summed E-state index contributed by atoms with van der Waals surface area (Å²) in [6.07, 6.45) is 3.86. The van der Waals surface area contributed by atoms with Crippen molar-refractivity contribution in [1.29, 1.82) is 0 Å². The molecular weight excluding hydrogens is 236 g/mol. The second kappa shape index (κ2) is 5.78. The van der Waals surface area contributed by atoms with Gasteiger partial charge < -0.3 is 14.8 Å². The van der Waals surface area contributed by atoms with Crippen LogP contribution >= 0.6 is 0 Å². The molecule has 0 atom stereocenters. The highest BCUT2D eigenvalue weighted by atomic mass is 15.1. The van der Waals surface area contributed by atoms with Crippen molar-refractivity contribution < 1.29 is 0 Å². The fourth-order valence-corrected chi connectivity index (χ4v) is 2.18. The number of anilines is 2. The summed E-state index contributed by atoms with van der Waals surface area (Å²) in [5.41, 5.74) is 3.65. The van der Waals surface area contributed by atoms with E-state index in [9.17, 15) is 0 Å². The van der Waals surface area contributed by atoms with Gasteiger partial charge in [0, 0.05) is 44.4 Å². The van der Waals surface area contributed by atoms with Gasteiger partial charge in [-0.2, -0.15) is 0 Å². The molecule has 0 aliphatic rings. The Morgan fingerprint density at radius 3 is 2.79 bits per heavy atom. The van der Waals surface area contributed by atoms with E-state index in [2.05, 4.69) is 65.9 Å². The van der Waals surface area contributed by atoms with Gasteiger partial charge in [-0.25, -0.2) is 4.98 Å². The van der Waals surface area contributed by atoms with Gasteiger partial charge >= 0.3 is 0 Å². The molecule has 0 unspecified atom stereocenters. The van der Waals surface area contributed by atoms with Crippen LogP contribution in [-0.2, 0) is 13.1 Å². The predicted molar refractivity (Wildman–Crippen MR) is 80.7 cm³/mol. The summed E-state index contributed by atoms with van der Waals surface area (Å²) in [5.74, 6) is 1.06. The van der Waals surface area contributed by atoms with Crippen LogP contribution in [0.2, 0.25) is 0 Å². The van der Waals surface area contributed by atoms with Crippen LogP contribution in [0.25, 0.3) is 0 Å². The number of hydrogen-bond donors (Lipinski definition) is 1. The summed E-state index contributed by atoms with van der Waals surface area (Å²) in [7, 11) is 4.13. The zero-order valence-electron chi connectivity index (χ0n) is 12.1. The highest BCUT2D eigenvalue weighted by Gasteiger charge is 2.04. The number of hydrogen-bond acceptors (Lipinski definition) is 3. The Balaban J connectivity index is 2.10. The quantitative estimate of drug-likeness (QED) is 0.895. The van der Waals surface area contributed by atoms with Crippen LogP contribution in [0.4, 0.5) is 11.4 Å². The lowest BCUT2D eigenvalue weighted by Crippen LogP contribution is -2.11. The highest BCUT2D eigenvalue weighted by molar-refractivity contribution is 5.61. The van der Waals surface area contributed by atoms with E-state index < -0.39 is 0 Å². The van der Waals surface area contributed by atoms with Crippen LogP contribution in [0.3, 0.4) is 0 Å². The molecule has 4 nitrogen and oxygen atoms in total. The third-order valence-corrected chi connectivity index (χ3v) is 3.28. The second-order valence-electron chi connectivity index (χ2n) is 4.88. The van der Waals surface area contributed by atoms with E-state index in [1.165, 1.54) is 11.3 Å². The third-order valence-electron chi connectivity index (χ3n) is 3.28. The zero-order chi connectivity index (χ0) is 13.8. The van der Waals surface area contributed by atoms with Crippen molar-refractivity contribution in [2.24, 2.45) is 0 Å². The molecule has 19 heavy (non-hydrogen) atoms. The zero-order valence-corrected chi connectivity index (χ0v) is 12.1. The predicted octanol–water partition coefficient (Wildman–Crippen LogP) is 2.89. The van der Waals surface area contributed by atoms with Crippen molar-refractivity contribution in [3.05, 3.63) is 42.0 Å². The van der Waals surface area contributed by atoms with Crippen LogP contribution in [0.1, 0.15) is 18.3 Å². The van der Waals surface area contributed by atoms with Crippen molar-refractivity contribution in [2.75, 3.05) is 24.3 Å². The maximum atomic E-state index is 4.37. The Morgan fingerprint density at radius 1 is 1.32 bits per heavy atom. The molecule has 0 fully saturated rings. The van der Waals surface area contributed by atoms with E-state index in [0.717, 1.165) is 24.6 Å². The lowest BCUT2D eigenvalue weighted by Gasteiger charge is -2.17. The first kappa shape index (κ1) is 13.5. The van der Waals surface area contributed by atoms with Crippen LogP contribution in [-0.4, -0.2) is 23.6 Å². The molecule has 0 spiro atoms. The van der Waals surface area contributed by atoms with Crippen molar-refractivity contribution in [1.82, 2.24) is 9.55 Å². The van der Waals surface area contributed by atoms with E-state index in [-0.39, 0.29) is 0 Å². The molecule has 0 aliphatic heterocycles. The molecule has 2 rings (SSSR count).